The average Bonchev–Trinajstić information content (AvgIpc) is 2.76. The van der Waals surface area contributed by atoms with Crippen molar-refractivity contribution in [2.24, 2.45) is 0 Å². The number of aromatic nitrogens is 1. The van der Waals surface area contributed by atoms with Crippen molar-refractivity contribution in [2.45, 2.75) is 33.6 Å². The summed E-state index contributed by atoms with van der Waals surface area (Å²) in [4.78, 5) is 17.6. The van der Waals surface area contributed by atoms with E-state index in [4.69, 9.17) is 0 Å². The fraction of sp³-hybridized carbons (Fsp3) is 0.333. The highest BCUT2D eigenvalue weighted by Crippen LogP contribution is 2.25. The maximum atomic E-state index is 12.2. The van der Waals surface area contributed by atoms with Gasteiger partial charge in [0.15, 0.2) is 5.13 Å². The molecular weight excluding hydrogens is 256 g/mol. The van der Waals surface area contributed by atoms with Crippen molar-refractivity contribution in [3.05, 3.63) is 46.0 Å². The topological polar surface area (TPSA) is 42.0 Å². The van der Waals surface area contributed by atoms with Gasteiger partial charge in [0.1, 0.15) is 0 Å². The molecule has 0 saturated carbocycles. The fourth-order valence-corrected chi connectivity index (χ4v) is 2.70. The minimum Gasteiger partial charge on any atom is -0.298 e. The minimum atomic E-state index is -0.101. The van der Waals surface area contributed by atoms with E-state index in [2.05, 4.69) is 30.2 Å². The normalized spacial score (nSPS) is 10.8. The average molecular weight is 274 g/mol. The lowest BCUT2D eigenvalue weighted by Gasteiger charge is -2.04. The summed E-state index contributed by atoms with van der Waals surface area (Å²) in [6, 6.07) is 5.83. The molecule has 1 aromatic heterocycles. The highest BCUT2D eigenvalue weighted by atomic mass is 32.1. The van der Waals surface area contributed by atoms with Crippen LogP contribution in [0, 0.1) is 13.8 Å². The van der Waals surface area contributed by atoms with E-state index in [0.29, 0.717) is 16.6 Å². The summed E-state index contributed by atoms with van der Waals surface area (Å²) < 4.78 is 0. The number of hydrogen-bond donors (Lipinski definition) is 1. The van der Waals surface area contributed by atoms with Gasteiger partial charge >= 0.3 is 0 Å². The molecule has 19 heavy (non-hydrogen) atoms. The first-order valence-corrected chi connectivity index (χ1v) is 7.12. The van der Waals surface area contributed by atoms with E-state index in [-0.39, 0.29) is 5.91 Å². The summed E-state index contributed by atoms with van der Waals surface area (Å²) in [6.07, 6.45) is 1.83. The molecule has 0 bridgehead atoms. The van der Waals surface area contributed by atoms with Crippen molar-refractivity contribution in [3.8, 4) is 0 Å². The lowest BCUT2D eigenvalue weighted by molar-refractivity contribution is 0.102. The highest BCUT2D eigenvalue weighted by molar-refractivity contribution is 7.15. The monoisotopic (exact) mass is 274 g/mol. The van der Waals surface area contributed by atoms with Crippen LogP contribution in [0.4, 0.5) is 5.13 Å². The number of benzene rings is 1. The van der Waals surface area contributed by atoms with Gasteiger partial charge in [-0.2, -0.15) is 0 Å². The Hall–Kier alpha value is -1.68. The molecule has 0 unspecified atom stereocenters. The molecule has 0 aliphatic heterocycles. The quantitative estimate of drug-likeness (QED) is 0.914. The first-order valence-electron chi connectivity index (χ1n) is 6.31. The van der Waals surface area contributed by atoms with Crippen LogP contribution < -0.4 is 5.32 Å². The van der Waals surface area contributed by atoms with Gasteiger partial charge in [0.05, 0.1) is 0 Å². The van der Waals surface area contributed by atoms with Gasteiger partial charge in [-0.25, -0.2) is 4.98 Å². The number of carbonyl (C=O) groups excluding carboxylic acids is 1. The fourth-order valence-electron chi connectivity index (χ4n) is 1.89. The van der Waals surface area contributed by atoms with Crippen LogP contribution in [0.1, 0.15) is 46.1 Å². The van der Waals surface area contributed by atoms with E-state index in [1.54, 1.807) is 0 Å². The molecule has 100 valence electrons. The van der Waals surface area contributed by atoms with Gasteiger partial charge in [-0.15, -0.1) is 11.3 Å². The minimum absolute atomic E-state index is 0.101. The zero-order chi connectivity index (χ0) is 14.0. The molecule has 0 aliphatic rings. The number of amides is 1. The zero-order valence-corrected chi connectivity index (χ0v) is 12.5. The zero-order valence-electron chi connectivity index (χ0n) is 11.7. The van der Waals surface area contributed by atoms with E-state index < -0.39 is 0 Å². The molecule has 4 heteroatoms. The number of carbonyl (C=O) groups is 1. The maximum Gasteiger partial charge on any atom is 0.257 e. The Morgan fingerprint density at radius 2 is 1.84 bits per heavy atom. The van der Waals surface area contributed by atoms with Crippen LogP contribution in [0.3, 0.4) is 0 Å². The van der Waals surface area contributed by atoms with Crippen molar-refractivity contribution >= 4 is 22.4 Å². The Morgan fingerprint density at radius 1 is 1.21 bits per heavy atom. The second kappa shape index (κ2) is 5.53. The van der Waals surface area contributed by atoms with Gasteiger partial charge in [-0.1, -0.05) is 31.0 Å². The third-order valence-electron chi connectivity index (χ3n) is 2.80. The van der Waals surface area contributed by atoms with Crippen LogP contribution in [0.5, 0.6) is 0 Å². The van der Waals surface area contributed by atoms with Crippen LogP contribution in [0.2, 0.25) is 0 Å². The molecular formula is C15H18N2OS. The molecule has 0 radical (unpaired) electrons. The molecule has 0 fully saturated rings. The van der Waals surface area contributed by atoms with Crippen molar-refractivity contribution in [3.63, 3.8) is 0 Å². The van der Waals surface area contributed by atoms with E-state index in [1.807, 2.05) is 32.2 Å². The molecule has 1 heterocycles. The lowest BCUT2D eigenvalue weighted by atomic mass is 10.1. The second-order valence-corrected chi connectivity index (χ2v) is 6.12. The standard InChI is InChI=1S/C15H18N2OS/c1-9(2)13-8-16-15(19-13)17-14(18)12-6-10(3)5-11(4)7-12/h5-9H,1-4H3,(H,16,17,18). The predicted molar refractivity (Wildman–Crippen MR) is 80.1 cm³/mol. The third kappa shape index (κ3) is 3.41. The number of thiazole rings is 1. The summed E-state index contributed by atoms with van der Waals surface area (Å²) in [5, 5.41) is 3.52. The van der Waals surface area contributed by atoms with E-state index in [1.165, 1.54) is 16.2 Å². The number of nitrogens with zero attached hydrogens (tertiary/aromatic N) is 1. The third-order valence-corrected chi connectivity index (χ3v) is 4.01. The Kier molecular flexibility index (Phi) is 4.00. The molecule has 1 aromatic carbocycles. The molecule has 0 aliphatic carbocycles. The number of anilines is 1. The molecule has 1 amide bonds. The smallest absolute Gasteiger partial charge is 0.257 e. The van der Waals surface area contributed by atoms with E-state index >= 15 is 0 Å². The molecule has 0 atom stereocenters. The summed E-state index contributed by atoms with van der Waals surface area (Å²) >= 11 is 1.53. The van der Waals surface area contributed by atoms with Gasteiger partial charge < -0.3 is 0 Å². The second-order valence-electron chi connectivity index (χ2n) is 5.05. The highest BCUT2D eigenvalue weighted by Gasteiger charge is 2.11. The Morgan fingerprint density at radius 3 is 2.37 bits per heavy atom. The Bertz CT molecular complexity index is 582. The molecule has 2 aromatic rings. The van der Waals surface area contributed by atoms with Gasteiger partial charge in [0, 0.05) is 16.6 Å². The molecule has 2 rings (SSSR count). The molecule has 0 spiro atoms. The maximum absolute atomic E-state index is 12.2. The number of aryl methyl sites for hydroxylation is 2. The Labute approximate surface area is 117 Å². The number of rotatable bonds is 3. The van der Waals surface area contributed by atoms with Crippen LogP contribution in [0.15, 0.2) is 24.4 Å². The molecule has 3 nitrogen and oxygen atoms in total. The van der Waals surface area contributed by atoms with Crippen molar-refractivity contribution in [2.75, 3.05) is 5.32 Å². The lowest BCUT2D eigenvalue weighted by Crippen LogP contribution is -2.12. The van der Waals surface area contributed by atoms with Crippen LogP contribution in [-0.2, 0) is 0 Å². The van der Waals surface area contributed by atoms with Gasteiger partial charge in [0.25, 0.3) is 5.91 Å². The van der Waals surface area contributed by atoms with Crippen molar-refractivity contribution < 1.29 is 4.79 Å². The Balaban J connectivity index is 2.15. The van der Waals surface area contributed by atoms with E-state index in [9.17, 15) is 4.79 Å². The van der Waals surface area contributed by atoms with Crippen molar-refractivity contribution in [1.29, 1.82) is 0 Å². The first kappa shape index (κ1) is 13.7. The summed E-state index contributed by atoms with van der Waals surface area (Å²) in [5.41, 5.74) is 2.86. The molecule has 1 N–H and O–H groups in total. The van der Waals surface area contributed by atoms with Gasteiger partial charge in [-0.05, 0) is 31.9 Å². The van der Waals surface area contributed by atoms with Gasteiger partial charge in [-0.3, -0.25) is 10.1 Å². The first-order chi connectivity index (χ1) is 8.95. The summed E-state index contributed by atoms with van der Waals surface area (Å²) in [6.45, 7) is 8.21. The predicted octanol–water partition coefficient (Wildman–Crippen LogP) is 4.14. The summed E-state index contributed by atoms with van der Waals surface area (Å²) in [7, 11) is 0. The van der Waals surface area contributed by atoms with Crippen LogP contribution in [-0.4, -0.2) is 10.9 Å². The van der Waals surface area contributed by atoms with E-state index in [0.717, 1.165) is 11.1 Å². The van der Waals surface area contributed by atoms with Crippen LogP contribution in [0.25, 0.3) is 0 Å². The largest absolute Gasteiger partial charge is 0.298 e. The van der Waals surface area contributed by atoms with Crippen molar-refractivity contribution in [1.82, 2.24) is 4.98 Å². The number of nitrogens with one attached hydrogen (secondary N) is 1. The summed E-state index contributed by atoms with van der Waals surface area (Å²) in [5.74, 6) is 0.334. The van der Waals surface area contributed by atoms with Gasteiger partial charge in [0.2, 0.25) is 0 Å². The van der Waals surface area contributed by atoms with Crippen LogP contribution >= 0.6 is 11.3 Å². The number of hydrogen-bond acceptors (Lipinski definition) is 3. The SMILES string of the molecule is Cc1cc(C)cc(C(=O)Nc2ncc(C(C)C)s2)c1. The molecule has 0 saturated heterocycles.